The van der Waals surface area contributed by atoms with Crippen LogP contribution in [0.3, 0.4) is 0 Å². The Morgan fingerprint density at radius 2 is 1.96 bits per heavy atom. The van der Waals surface area contributed by atoms with Crippen LogP contribution < -0.4 is 5.43 Å². The number of carbonyl (C=O) groups excluding carboxylic acids is 2. The molecular formula is C20H20N4O3S. The molecule has 2 aromatic carbocycles. The second-order valence-electron chi connectivity index (χ2n) is 5.82. The van der Waals surface area contributed by atoms with Crippen molar-refractivity contribution in [3.8, 4) is 0 Å². The lowest BCUT2D eigenvalue weighted by molar-refractivity contribution is -0.118. The van der Waals surface area contributed by atoms with Gasteiger partial charge in [0, 0.05) is 6.54 Å². The Bertz CT molecular complexity index is 1010. The number of nitrogens with one attached hydrogen (secondary N) is 1. The topological polar surface area (TPSA) is 85.6 Å². The summed E-state index contributed by atoms with van der Waals surface area (Å²) in [6, 6.07) is 14.6. The van der Waals surface area contributed by atoms with Gasteiger partial charge in [-0.05, 0) is 36.8 Å². The van der Waals surface area contributed by atoms with Gasteiger partial charge in [0.2, 0.25) is 0 Å². The number of benzene rings is 2. The first kappa shape index (κ1) is 19.6. The molecule has 0 aliphatic heterocycles. The molecule has 1 heterocycles. The van der Waals surface area contributed by atoms with E-state index in [0.717, 1.165) is 28.3 Å². The van der Waals surface area contributed by atoms with Crippen molar-refractivity contribution in [3.05, 3.63) is 59.7 Å². The van der Waals surface area contributed by atoms with Crippen molar-refractivity contribution in [1.82, 2.24) is 15.0 Å². The van der Waals surface area contributed by atoms with Gasteiger partial charge in [0.15, 0.2) is 5.16 Å². The van der Waals surface area contributed by atoms with Gasteiger partial charge in [0.1, 0.15) is 0 Å². The van der Waals surface area contributed by atoms with Crippen LogP contribution in [-0.4, -0.2) is 40.5 Å². The first-order chi connectivity index (χ1) is 13.6. The van der Waals surface area contributed by atoms with Crippen molar-refractivity contribution in [2.24, 2.45) is 5.10 Å². The van der Waals surface area contributed by atoms with Crippen LogP contribution in [0.25, 0.3) is 11.0 Å². The molecule has 8 heteroatoms. The molecule has 0 spiro atoms. The van der Waals surface area contributed by atoms with Crippen molar-refractivity contribution >= 4 is 40.9 Å². The summed E-state index contributed by atoms with van der Waals surface area (Å²) >= 11 is 1.37. The minimum atomic E-state index is -0.396. The number of rotatable bonds is 7. The Labute approximate surface area is 166 Å². The van der Waals surface area contributed by atoms with E-state index in [0.29, 0.717) is 5.56 Å². The van der Waals surface area contributed by atoms with Gasteiger partial charge in [-0.2, -0.15) is 5.10 Å². The van der Waals surface area contributed by atoms with Gasteiger partial charge in [0.25, 0.3) is 5.91 Å². The Balaban J connectivity index is 1.55. The molecule has 0 bridgehead atoms. The van der Waals surface area contributed by atoms with E-state index in [2.05, 4.69) is 24.8 Å². The fourth-order valence-corrected chi connectivity index (χ4v) is 3.50. The normalized spacial score (nSPS) is 11.1. The van der Waals surface area contributed by atoms with E-state index in [4.69, 9.17) is 0 Å². The predicted molar refractivity (Wildman–Crippen MR) is 110 cm³/mol. The minimum Gasteiger partial charge on any atom is -0.465 e. The number of imidazole rings is 1. The fourth-order valence-electron chi connectivity index (χ4n) is 2.63. The summed E-state index contributed by atoms with van der Waals surface area (Å²) in [5.74, 6) is -0.406. The Hall–Kier alpha value is -3.13. The molecule has 3 aromatic rings. The third kappa shape index (κ3) is 4.58. The van der Waals surface area contributed by atoms with Gasteiger partial charge in [-0.15, -0.1) is 0 Å². The van der Waals surface area contributed by atoms with Crippen LogP contribution in [0.15, 0.2) is 58.8 Å². The molecule has 1 N–H and O–H groups in total. The number of hydrazone groups is 1. The number of ether oxygens (including phenoxy) is 1. The average molecular weight is 396 g/mol. The molecule has 28 heavy (non-hydrogen) atoms. The number of methoxy groups -OCH3 is 1. The van der Waals surface area contributed by atoms with Gasteiger partial charge >= 0.3 is 5.97 Å². The Kier molecular flexibility index (Phi) is 6.44. The highest BCUT2D eigenvalue weighted by molar-refractivity contribution is 7.99. The summed E-state index contributed by atoms with van der Waals surface area (Å²) in [7, 11) is 1.33. The number of carbonyl (C=O) groups is 2. The number of amides is 1. The summed E-state index contributed by atoms with van der Waals surface area (Å²) in [4.78, 5) is 28.0. The Morgan fingerprint density at radius 3 is 2.68 bits per heavy atom. The molecular weight excluding hydrogens is 376 g/mol. The number of para-hydroxylation sites is 2. The van der Waals surface area contributed by atoms with Crippen LogP contribution in [0.2, 0.25) is 0 Å². The number of aromatic nitrogens is 2. The highest BCUT2D eigenvalue weighted by atomic mass is 32.2. The lowest BCUT2D eigenvalue weighted by Crippen LogP contribution is -2.20. The molecule has 0 aliphatic rings. The zero-order valence-corrected chi connectivity index (χ0v) is 16.4. The lowest BCUT2D eigenvalue weighted by atomic mass is 10.1. The first-order valence-electron chi connectivity index (χ1n) is 8.70. The quantitative estimate of drug-likeness (QED) is 0.287. The van der Waals surface area contributed by atoms with E-state index in [1.807, 2.05) is 31.2 Å². The summed E-state index contributed by atoms with van der Waals surface area (Å²) in [6.45, 7) is 2.83. The van der Waals surface area contributed by atoms with E-state index in [1.54, 1.807) is 24.3 Å². The summed E-state index contributed by atoms with van der Waals surface area (Å²) in [6.07, 6.45) is 1.52. The smallest absolute Gasteiger partial charge is 0.337 e. The summed E-state index contributed by atoms with van der Waals surface area (Å²) in [5.41, 5.74) is 5.69. The van der Waals surface area contributed by atoms with E-state index < -0.39 is 5.97 Å². The molecule has 0 aliphatic carbocycles. The predicted octanol–water partition coefficient (Wildman–Crippen LogP) is 3.09. The maximum Gasteiger partial charge on any atom is 0.337 e. The van der Waals surface area contributed by atoms with Gasteiger partial charge in [0.05, 0.1) is 35.7 Å². The molecule has 1 aromatic heterocycles. The van der Waals surface area contributed by atoms with E-state index >= 15 is 0 Å². The molecule has 144 valence electrons. The van der Waals surface area contributed by atoms with Crippen molar-refractivity contribution in [3.63, 3.8) is 0 Å². The van der Waals surface area contributed by atoms with Crippen LogP contribution in [0.1, 0.15) is 22.8 Å². The van der Waals surface area contributed by atoms with Gasteiger partial charge in [-0.3, -0.25) is 4.79 Å². The SMILES string of the molecule is CCn1c(SCC(=O)N/N=C/c2ccc(C(=O)OC)cc2)nc2ccccc21. The number of hydrogen-bond donors (Lipinski definition) is 1. The number of esters is 1. The van der Waals surface area contributed by atoms with Crippen molar-refractivity contribution in [2.45, 2.75) is 18.6 Å². The minimum absolute atomic E-state index is 0.210. The highest BCUT2D eigenvalue weighted by Gasteiger charge is 2.11. The second kappa shape index (κ2) is 9.18. The van der Waals surface area contributed by atoms with Crippen molar-refractivity contribution in [2.75, 3.05) is 12.9 Å². The molecule has 1 amide bonds. The van der Waals surface area contributed by atoms with Crippen LogP contribution >= 0.6 is 11.8 Å². The highest BCUT2D eigenvalue weighted by Crippen LogP contribution is 2.23. The fraction of sp³-hybridized carbons (Fsp3) is 0.200. The molecule has 0 saturated heterocycles. The third-order valence-electron chi connectivity index (χ3n) is 4.00. The molecule has 0 fully saturated rings. The number of nitrogens with zero attached hydrogens (tertiary/aromatic N) is 3. The van der Waals surface area contributed by atoms with Crippen molar-refractivity contribution < 1.29 is 14.3 Å². The lowest BCUT2D eigenvalue weighted by Gasteiger charge is -2.05. The zero-order valence-electron chi connectivity index (χ0n) is 15.6. The van der Waals surface area contributed by atoms with Crippen molar-refractivity contribution in [1.29, 1.82) is 0 Å². The van der Waals surface area contributed by atoms with Crippen LogP contribution in [0.5, 0.6) is 0 Å². The largest absolute Gasteiger partial charge is 0.465 e. The number of fused-ring (bicyclic) bond motifs is 1. The van der Waals surface area contributed by atoms with E-state index in [9.17, 15) is 9.59 Å². The standard InChI is InChI=1S/C20H20N4O3S/c1-3-24-17-7-5-4-6-16(17)22-20(24)28-13-18(25)23-21-12-14-8-10-15(11-9-14)19(26)27-2/h4-12H,3,13H2,1-2H3,(H,23,25)/b21-12+. The maximum atomic E-state index is 12.1. The van der Waals surface area contributed by atoms with E-state index in [-0.39, 0.29) is 11.7 Å². The molecule has 0 saturated carbocycles. The van der Waals surface area contributed by atoms with Crippen LogP contribution in [0, 0.1) is 0 Å². The number of thioether (sulfide) groups is 1. The third-order valence-corrected chi connectivity index (χ3v) is 4.98. The zero-order chi connectivity index (χ0) is 19.9. The van der Waals surface area contributed by atoms with Crippen LogP contribution in [-0.2, 0) is 16.1 Å². The Morgan fingerprint density at radius 1 is 1.21 bits per heavy atom. The molecule has 0 atom stereocenters. The molecule has 0 unspecified atom stereocenters. The maximum absolute atomic E-state index is 12.1. The monoisotopic (exact) mass is 396 g/mol. The van der Waals surface area contributed by atoms with E-state index in [1.165, 1.54) is 25.1 Å². The van der Waals surface area contributed by atoms with Gasteiger partial charge in [-0.1, -0.05) is 36.0 Å². The van der Waals surface area contributed by atoms with Gasteiger partial charge in [-0.25, -0.2) is 15.2 Å². The number of hydrogen-bond acceptors (Lipinski definition) is 6. The van der Waals surface area contributed by atoms with Crippen LogP contribution in [0.4, 0.5) is 0 Å². The summed E-state index contributed by atoms with van der Waals surface area (Å²) in [5, 5.41) is 4.76. The summed E-state index contributed by atoms with van der Waals surface area (Å²) < 4.78 is 6.73. The molecule has 0 radical (unpaired) electrons. The molecule has 7 nitrogen and oxygen atoms in total. The average Bonchev–Trinajstić information content (AvgIpc) is 3.09. The first-order valence-corrected chi connectivity index (χ1v) is 9.69. The number of aryl methyl sites for hydroxylation is 1. The van der Waals surface area contributed by atoms with Gasteiger partial charge < -0.3 is 9.30 Å². The molecule has 3 rings (SSSR count). The second-order valence-corrected chi connectivity index (χ2v) is 6.77.